The van der Waals surface area contributed by atoms with Crippen molar-refractivity contribution in [3.8, 4) is 0 Å². The fraction of sp³-hybridized carbons (Fsp3) is 0.667. The summed E-state index contributed by atoms with van der Waals surface area (Å²) in [6, 6.07) is 6.65. The zero-order valence-electron chi connectivity index (χ0n) is 14.2. The molecule has 0 aliphatic carbocycles. The van der Waals surface area contributed by atoms with Crippen molar-refractivity contribution in [2.45, 2.75) is 52.4 Å². The lowest BCUT2D eigenvalue weighted by atomic mass is 9.95. The molecule has 0 aromatic heterocycles. The van der Waals surface area contributed by atoms with Crippen LogP contribution in [0.2, 0.25) is 0 Å². The molecule has 4 heteroatoms. The first kappa shape index (κ1) is 17.3. The molecule has 0 saturated carbocycles. The van der Waals surface area contributed by atoms with Gasteiger partial charge in [-0.15, -0.1) is 0 Å². The zero-order chi connectivity index (χ0) is 16.3. The Balaban J connectivity index is 2.12. The molecule has 1 atom stereocenters. The van der Waals surface area contributed by atoms with E-state index in [4.69, 9.17) is 0 Å². The number of anilines is 1. The first-order valence-corrected chi connectivity index (χ1v) is 10.2. The van der Waals surface area contributed by atoms with Crippen LogP contribution in [0.1, 0.15) is 63.5 Å². The molecule has 0 spiro atoms. The molecule has 1 N–H and O–H groups in total. The summed E-state index contributed by atoms with van der Waals surface area (Å²) in [7, 11) is -2.82. The summed E-state index contributed by atoms with van der Waals surface area (Å²) in [6.45, 7) is 9.53. The fourth-order valence-corrected chi connectivity index (χ4v) is 4.90. The minimum absolute atomic E-state index is 0.237. The summed E-state index contributed by atoms with van der Waals surface area (Å²) in [5, 5.41) is 3.53. The normalized spacial score (nSPS) is 21.3. The number of hydrogen-bond donors (Lipinski definition) is 1. The first-order valence-electron chi connectivity index (χ1n) is 8.36. The van der Waals surface area contributed by atoms with Gasteiger partial charge in [-0.05, 0) is 47.8 Å². The van der Waals surface area contributed by atoms with E-state index >= 15 is 0 Å². The number of nitrogens with one attached hydrogen (secondary N) is 1. The summed E-state index contributed by atoms with van der Waals surface area (Å²) < 4.78 is 23.5. The molecule has 1 unspecified atom stereocenters. The first-order chi connectivity index (χ1) is 10.3. The molecule has 22 heavy (non-hydrogen) atoms. The average molecular weight is 324 g/mol. The van der Waals surface area contributed by atoms with Gasteiger partial charge in [0.15, 0.2) is 9.84 Å². The summed E-state index contributed by atoms with van der Waals surface area (Å²) >= 11 is 0. The largest absolute Gasteiger partial charge is 0.384 e. The zero-order valence-corrected chi connectivity index (χ0v) is 15.0. The van der Waals surface area contributed by atoms with Crippen LogP contribution < -0.4 is 5.32 Å². The van der Waals surface area contributed by atoms with Crippen molar-refractivity contribution in [3.63, 3.8) is 0 Å². The maximum absolute atomic E-state index is 11.8. The van der Waals surface area contributed by atoms with Crippen LogP contribution in [0, 0.1) is 5.92 Å². The average Bonchev–Trinajstić information content (AvgIpc) is 2.43. The van der Waals surface area contributed by atoms with Crippen LogP contribution >= 0.6 is 0 Å². The van der Waals surface area contributed by atoms with Crippen molar-refractivity contribution in [3.05, 3.63) is 29.3 Å². The van der Waals surface area contributed by atoms with Gasteiger partial charge >= 0.3 is 0 Å². The molecule has 1 fully saturated rings. The highest BCUT2D eigenvalue weighted by atomic mass is 32.2. The second-order valence-electron chi connectivity index (χ2n) is 7.16. The Kier molecular flexibility index (Phi) is 5.54. The molecule has 1 aliphatic heterocycles. The fourth-order valence-electron chi connectivity index (χ4n) is 3.12. The molecule has 1 aromatic carbocycles. The third-order valence-electron chi connectivity index (χ3n) is 4.50. The lowest BCUT2D eigenvalue weighted by molar-refractivity contribution is 0.502. The van der Waals surface area contributed by atoms with E-state index in [0.29, 0.717) is 23.3 Å². The van der Waals surface area contributed by atoms with Crippen LogP contribution in [0.15, 0.2) is 18.2 Å². The number of benzene rings is 1. The van der Waals surface area contributed by atoms with E-state index in [9.17, 15) is 8.42 Å². The van der Waals surface area contributed by atoms with E-state index in [1.54, 1.807) is 0 Å². The van der Waals surface area contributed by atoms with Gasteiger partial charge in [0.05, 0.1) is 11.5 Å². The third-order valence-corrected chi connectivity index (χ3v) is 6.39. The molecule has 124 valence electrons. The van der Waals surface area contributed by atoms with E-state index in [1.165, 1.54) is 16.8 Å². The Morgan fingerprint density at radius 2 is 1.91 bits per heavy atom. The highest BCUT2D eigenvalue weighted by Crippen LogP contribution is 2.29. The van der Waals surface area contributed by atoms with E-state index in [2.05, 4.69) is 51.2 Å². The van der Waals surface area contributed by atoms with Gasteiger partial charge in [-0.2, -0.15) is 0 Å². The topological polar surface area (TPSA) is 46.2 Å². The van der Waals surface area contributed by atoms with Crippen molar-refractivity contribution < 1.29 is 8.42 Å². The number of sulfone groups is 1. The number of hydrogen-bond acceptors (Lipinski definition) is 3. The van der Waals surface area contributed by atoms with Crippen LogP contribution in [0.5, 0.6) is 0 Å². The molecule has 1 aliphatic rings. The standard InChI is InChI=1S/C18H29NO2S/c1-13(2)16-7-8-17(14(3)4)18(10-16)19-11-15-6-5-9-22(20,21)12-15/h7-8,10,13-15,19H,5-6,9,11-12H2,1-4H3. The van der Waals surface area contributed by atoms with Crippen LogP contribution in [0.4, 0.5) is 5.69 Å². The lowest BCUT2D eigenvalue weighted by Gasteiger charge is -2.24. The Morgan fingerprint density at radius 1 is 1.18 bits per heavy atom. The number of rotatable bonds is 5. The molecule has 0 amide bonds. The minimum atomic E-state index is -2.82. The smallest absolute Gasteiger partial charge is 0.150 e. The van der Waals surface area contributed by atoms with E-state index < -0.39 is 9.84 Å². The van der Waals surface area contributed by atoms with Gasteiger partial charge in [0, 0.05) is 12.2 Å². The summed E-state index contributed by atoms with van der Waals surface area (Å²) in [4.78, 5) is 0. The van der Waals surface area contributed by atoms with Crippen molar-refractivity contribution >= 4 is 15.5 Å². The molecular weight excluding hydrogens is 294 g/mol. The monoisotopic (exact) mass is 323 g/mol. The Morgan fingerprint density at radius 3 is 2.50 bits per heavy atom. The molecule has 1 saturated heterocycles. The van der Waals surface area contributed by atoms with E-state index in [1.807, 2.05) is 0 Å². The highest BCUT2D eigenvalue weighted by Gasteiger charge is 2.24. The van der Waals surface area contributed by atoms with Gasteiger partial charge in [0.2, 0.25) is 0 Å². The second-order valence-corrected chi connectivity index (χ2v) is 9.39. The van der Waals surface area contributed by atoms with Crippen LogP contribution in [0.25, 0.3) is 0 Å². The summed E-state index contributed by atoms with van der Waals surface area (Å²) in [5.74, 6) is 1.89. The SMILES string of the molecule is CC(C)c1ccc(C(C)C)c(NCC2CCCS(=O)(=O)C2)c1. The van der Waals surface area contributed by atoms with Gasteiger partial charge < -0.3 is 5.32 Å². The lowest BCUT2D eigenvalue weighted by Crippen LogP contribution is -2.30. The third kappa shape index (κ3) is 4.48. The van der Waals surface area contributed by atoms with Gasteiger partial charge in [-0.1, -0.05) is 39.8 Å². The van der Waals surface area contributed by atoms with Gasteiger partial charge in [0.25, 0.3) is 0 Å². The Labute approximate surface area is 135 Å². The Bertz CT molecular complexity index is 606. The van der Waals surface area contributed by atoms with Crippen LogP contribution in [-0.4, -0.2) is 26.5 Å². The van der Waals surface area contributed by atoms with Crippen LogP contribution in [-0.2, 0) is 9.84 Å². The van der Waals surface area contributed by atoms with E-state index in [0.717, 1.165) is 19.4 Å². The molecule has 0 bridgehead atoms. The predicted molar refractivity (Wildman–Crippen MR) is 94.5 cm³/mol. The molecule has 1 heterocycles. The summed E-state index contributed by atoms with van der Waals surface area (Å²) in [5.41, 5.74) is 3.80. The van der Waals surface area contributed by atoms with Gasteiger partial charge in [-0.3, -0.25) is 0 Å². The van der Waals surface area contributed by atoms with Crippen molar-refractivity contribution in [2.75, 3.05) is 23.4 Å². The molecule has 2 rings (SSSR count). The molecule has 3 nitrogen and oxygen atoms in total. The maximum Gasteiger partial charge on any atom is 0.150 e. The highest BCUT2D eigenvalue weighted by molar-refractivity contribution is 7.91. The van der Waals surface area contributed by atoms with Gasteiger partial charge in [-0.25, -0.2) is 8.42 Å². The Hall–Kier alpha value is -1.03. The summed E-state index contributed by atoms with van der Waals surface area (Å²) in [6.07, 6.45) is 1.81. The van der Waals surface area contributed by atoms with Crippen molar-refractivity contribution in [1.82, 2.24) is 0 Å². The maximum atomic E-state index is 11.8. The predicted octanol–water partition coefficient (Wildman–Crippen LogP) is 4.17. The molecule has 1 aromatic rings. The second kappa shape index (κ2) is 7.03. The van der Waals surface area contributed by atoms with Gasteiger partial charge in [0.1, 0.15) is 0 Å². The minimum Gasteiger partial charge on any atom is -0.384 e. The van der Waals surface area contributed by atoms with Crippen LogP contribution in [0.3, 0.4) is 0 Å². The molecule has 0 radical (unpaired) electrons. The quantitative estimate of drug-likeness (QED) is 0.884. The van der Waals surface area contributed by atoms with E-state index in [-0.39, 0.29) is 5.92 Å². The van der Waals surface area contributed by atoms with Crippen molar-refractivity contribution in [1.29, 1.82) is 0 Å². The van der Waals surface area contributed by atoms with Crippen molar-refractivity contribution in [2.24, 2.45) is 5.92 Å². The molecular formula is C18H29NO2S.